The number of alkyl halides is 3. The van der Waals surface area contributed by atoms with Crippen molar-refractivity contribution < 1.29 is 22.4 Å². The highest BCUT2D eigenvalue weighted by Crippen LogP contribution is 2.17. The van der Waals surface area contributed by atoms with Crippen molar-refractivity contribution in [1.29, 1.82) is 0 Å². The van der Waals surface area contributed by atoms with Gasteiger partial charge < -0.3 is 19.9 Å². The van der Waals surface area contributed by atoms with E-state index >= 15 is 0 Å². The fourth-order valence-corrected chi connectivity index (χ4v) is 2.02. The van der Waals surface area contributed by atoms with Gasteiger partial charge in [0, 0.05) is 31.9 Å². The minimum Gasteiger partial charge on any atom is -0.468 e. The molecule has 0 unspecified atom stereocenters. The summed E-state index contributed by atoms with van der Waals surface area (Å²) in [6, 6.07) is 4.90. The van der Waals surface area contributed by atoms with Crippen LogP contribution in [0.1, 0.15) is 36.8 Å². The Bertz CT molecular complexity index is 748. The smallest absolute Gasteiger partial charge is 0.422 e. The largest absolute Gasteiger partial charge is 0.468 e. The highest BCUT2D eigenvalue weighted by atomic mass is 127. The molecule has 28 heavy (non-hydrogen) atoms. The lowest BCUT2D eigenvalue weighted by Crippen LogP contribution is -2.36. The van der Waals surface area contributed by atoms with Crippen LogP contribution in [0.3, 0.4) is 0 Å². The molecule has 0 spiro atoms. The number of ether oxygens (including phenoxy) is 1. The van der Waals surface area contributed by atoms with E-state index in [0.717, 1.165) is 11.3 Å². The van der Waals surface area contributed by atoms with E-state index in [1.54, 1.807) is 13.1 Å². The Morgan fingerprint density at radius 3 is 2.50 bits per heavy atom. The monoisotopic (exact) mass is 513 g/mol. The fourth-order valence-electron chi connectivity index (χ4n) is 2.02. The number of aliphatic imine (C=N–C) groups is 1. The van der Waals surface area contributed by atoms with Crippen molar-refractivity contribution in [1.82, 2.24) is 20.8 Å². The normalized spacial score (nSPS) is 11.9. The summed E-state index contributed by atoms with van der Waals surface area (Å²) >= 11 is 0. The van der Waals surface area contributed by atoms with Crippen LogP contribution in [-0.2, 0) is 13.1 Å². The molecule has 11 heteroatoms. The Hall–Kier alpha value is -2.05. The van der Waals surface area contributed by atoms with E-state index in [4.69, 9.17) is 4.52 Å². The van der Waals surface area contributed by atoms with Crippen molar-refractivity contribution in [2.75, 3.05) is 13.7 Å². The molecular weight excluding hydrogens is 490 g/mol. The zero-order chi connectivity index (χ0) is 19.9. The van der Waals surface area contributed by atoms with Gasteiger partial charge in [0.1, 0.15) is 0 Å². The second kappa shape index (κ2) is 11.1. The molecule has 2 aromatic rings. The van der Waals surface area contributed by atoms with Crippen molar-refractivity contribution in [2.45, 2.75) is 39.0 Å². The molecule has 0 saturated carbocycles. The Balaban J connectivity index is 0.00000392. The number of aromatic nitrogens is 2. The van der Waals surface area contributed by atoms with Gasteiger partial charge in [0.05, 0.1) is 12.2 Å². The topological polar surface area (TPSA) is 84.6 Å². The van der Waals surface area contributed by atoms with Gasteiger partial charge in [-0.2, -0.15) is 13.2 Å². The number of halogens is 4. The molecule has 0 aliphatic carbocycles. The Morgan fingerprint density at radius 2 is 1.96 bits per heavy atom. The SMILES string of the molecule is CN=C(NCc1ccc(OCC(F)(F)F)nc1)NCc1cc(C(C)C)no1.I. The van der Waals surface area contributed by atoms with Gasteiger partial charge >= 0.3 is 6.18 Å². The lowest BCUT2D eigenvalue weighted by atomic mass is 10.1. The summed E-state index contributed by atoms with van der Waals surface area (Å²) in [7, 11) is 1.63. The summed E-state index contributed by atoms with van der Waals surface area (Å²) in [6.45, 7) is 3.50. The average molecular weight is 513 g/mol. The van der Waals surface area contributed by atoms with Crippen LogP contribution in [0.5, 0.6) is 5.88 Å². The van der Waals surface area contributed by atoms with Crippen molar-refractivity contribution in [3.63, 3.8) is 0 Å². The van der Waals surface area contributed by atoms with E-state index in [0.29, 0.717) is 24.8 Å². The molecule has 2 rings (SSSR count). The molecule has 0 aromatic carbocycles. The molecule has 7 nitrogen and oxygen atoms in total. The van der Waals surface area contributed by atoms with Gasteiger partial charge in [0.15, 0.2) is 18.3 Å². The maximum absolute atomic E-state index is 12.1. The maximum atomic E-state index is 12.1. The second-order valence-electron chi connectivity index (χ2n) is 6.06. The predicted octanol–water partition coefficient (Wildman–Crippen LogP) is 3.62. The Labute approximate surface area is 178 Å². The van der Waals surface area contributed by atoms with Gasteiger partial charge in [-0.25, -0.2) is 4.98 Å². The first-order valence-electron chi connectivity index (χ1n) is 8.31. The number of nitrogens with zero attached hydrogens (tertiary/aromatic N) is 3. The highest BCUT2D eigenvalue weighted by molar-refractivity contribution is 14.0. The summed E-state index contributed by atoms with van der Waals surface area (Å²) in [5.74, 6) is 1.43. The Morgan fingerprint density at radius 1 is 1.25 bits per heavy atom. The number of rotatable bonds is 7. The molecule has 0 aliphatic rings. The van der Waals surface area contributed by atoms with Crippen LogP contribution in [-0.4, -0.2) is 35.9 Å². The molecule has 0 atom stereocenters. The van der Waals surface area contributed by atoms with E-state index in [1.807, 2.05) is 19.9 Å². The lowest BCUT2D eigenvalue weighted by Gasteiger charge is -2.11. The first kappa shape index (κ1) is 24.0. The van der Waals surface area contributed by atoms with Gasteiger partial charge in [-0.15, -0.1) is 24.0 Å². The van der Waals surface area contributed by atoms with E-state index in [1.165, 1.54) is 12.3 Å². The van der Waals surface area contributed by atoms with Gasteiger partial charge in [-0.3, -0.25) is 4.99 Å². The molecule has 156 valence electrons. The van der Waals surface area contributed by atoms with Crippen molar-refractivity contribution >= 4 is 29.9 Å². The summed E-state index contributed by atoms with van der Waals surface area (Å²) in [5, 5.41) is 10.2. The fraction of sp³-hybridized carbons (Fsp3) is 0.471. The Kier molecular flexibility index (Phi) is 9.49. The second-order valence-corrected chi connectivity index (χ2v) is 6.06. The van der Waals surface area contributed by atoms with Crippen molar-refractivity contribution in [3.05, 3.63) is 41.4 Å². The number of nitrogens with one attached hydrogen (secondary N) is 2. The average Bonchev–Trinajstić information content (AvgIpc) is 3.10. The molecule has 0 saturated heterocycles. The van der Waals surface area contributed by atoms with E-state index in [2.05, 4.69) is 30.5 Å². The van der Waals surface area contributed by atoms with Crippen molar-refractivity contribution in [3.8, 4) is 5.88 Å². The molecule has 0 bridgehead atoms. The van der Waals surface area contributed by atoms with Gasteiger partial charge in [0.25, 0.3) is 0 Å². The first-order chi connectivity index (χ1) is 12.8. The summed E-state index contributed by atoms with van der Waals surface area (Å²) < 4.78 is 46.1. The third-order valence-corrected chi connectivity index (χ3v) is 3.46. The van der Waals surface area contributed by atoms with E-state index in [9.17, 15) is 13.2 Å². The standard InChI is InChI=1S/C17H22F3N5O2.HI/c1-11(2)14-6-13(27-25-14)9-24-16(21-3)23-8-12-4-5-15(22-7-12)26-10-17(18,19)20;/h4-7,11H,8-10H2,1-3H3,(H2,21,23,24);1H. The summed E-state index contributed by atoms with van der Waals surface area (Å²) in [4.78, 5) is 7.95. The highest BCUT2D eigenvalue weighted by Gasteiger charge is 2.28. The number of hydrogen-bond acceptors (Lipinski definition) is 5. The number of pyridine rings is 1. The maximum Gasteiger partial charge on any atom is 0.422 e. The summed E-state index contributed by atoms with van der Waals surface area (Å²) in [5.41, 5.74) is 1.65. The molecule has 2 aromatic heterocycles. The van der Waals surface area contributed by atoms with Crippen LogP contribution in [0.25, 0.3) is 0 Å². The molecule has 2 N–H and O–H groups in total. The third kappa shape index (κ3) is 8.31. The molecule has 0 fully saturated rings. The molecule has 0 aliphatic heterocycles. The number of guanidine groups is 1. The minimum absolute atomic E-state index is 0. The van der Waals surface area contributed by atoms with Gasteiger partial charge in [-0.1, -0.05) is 25.1 Å². The van der Waals surface area contributed by atoms with Crippen LogP contribution in [0, 0.1) is 0 Å². The zero-order valence-corrected chi connectivity index (χ0v) is 18.0. The lowest BCUT2D eigenvalue weighted by molar-refractivity contribution is -0.154. The molecule has 0 radical (unpaired) electrons. The van der Waals surface area contributed by atoms with E-state index < -0.39 is 12.8 Å². The van der Waals surface area contributed by atoms with Crippen LogP contribution < -0.4 is 15.4 Å². The van der Waals surface area contributed by atoms with Crippen LogP contribution in [0.15, 0.2) is 33.9 Å². The first-order valence-corrected chi connectivity index (χ1v) is 8.31. The molecule has 2 heterocycles. The molecular formula is C17H23F3IN5O2. The number of hydrogen-bond donors (Lipinski definition) is 2. The van der Waals surface area contributed by atoms with Gasteiger partial charge in [0.2, 0.25) is 5.88 Å². The summed E-state index contributed by atoms with van der Waals surface area (Å²) in [6.07, 6.45) is -2.95. The van der Waals surface area contributed by atoms with Crippen molar-refractivity contribution in [2.24, 2.45) is 4.99 Å². The van der Waals surface area contributed by atoms with Crippen LogP contribution in [0.4, 0.5) is 13.2 Å². The van der Waals surface area contributed by atoms with Crippen LogP contribution in [0.2, 0.25) is 0 Å². The molecule has 0 amide bonds. The van der Waals surface area contributed by atoms with Gasteiger partial charge in [-0.05, 0) is 11.5 Å². The third-order valence-electron chi connectivity index (χ3n) is 3.46. The quantitative estimate of drug-likeness (QED) is 0.335. The minimum atomic E-state index is -4.39. The predicted molar refractivity (Wildman–Crippen MR) is 109 cm³/mol. The zero-order valence-electron chi connectivity index (χ0n) is 15.7. The van der Waals surface area contributed by atoms with Crippen LogP contribution >= 0.6 is 24.0 Å². The van der Waals surface area contributed by atoms with E-state index in [-0.39, 0.29) is 35.8 Å².